The molecule has 0 atom stereocenters. The summed E-state index contributed by atoms with van der Waals surface area (Å²) in [5.74, 6) is -0.797. The Balaban J connectivity index is 0.00000225. The summed E-state index contributed by atoms with van der Waals surface area (Å²) in [5, 5.41) is 10.7. The summed E-state index contributed by atoms with van der Waals surface area (Å²) in [6.45, 7) is 2.66. The smallest absolute Gasteiger partial charge is 0.545 e. The van der Waals surface area contributed by atoms with Crippen LogP contribution in [0.5, 0.6) is 5.75 Å². The van der Waals surface area contributed by atoms with Crippen molar-refractivity contribution < 1.29 is 44.2 Å². The van der Waals surface area contributed by atoms with Crippen molar-refractivity contribution in [3.05, 3.63) is 29.8 Å². The molecule has 0 N–H and O–H groups in total. The fourth-order valence-electron chi connectivity index (χ4n) is 1.30. The van der Waals surface area contributed by atoms with Gasteiger partial charge in [-0.1, -0.05) is 31.9 Å². The van der Waals surface area contributed by atoms with Gasteiger partial charge in [0, 0.05) is 5.56 Å². The van der Waals surface area contributed by atoms with Crippen LogP contribution in [0, 0.1) is 0 Å². The van der Waals surface area contributed by atoms with Crippen LogP contribution in [0.15, 0.2) is 24.3 Å². The van der Waals surface area contributed by atoms with E-state index >= 15 is 0 Å². The third kappa shape index (κ3) is 5.01. The minimum Gasteiger partial charge on any atom is -0.545 e. The number of hydrogen-bond donors (Lipinski definition) is 0. The molecule has 0 aliphatic carbocycles. The summed E-state index contributed by atoms with van der Waals surface area (Å²) in [6.07, 6.45) is 3.15. The van der Waals surface area contributed by atoms with E-state index in [1.165, 1.54) is 6.07 Å². The molecular weight excluding hydrogens is 215 g/mol. The number of carboxylic acids is 1. The largest absolute Gasteiger partial charge is 1.00 e. The zero-order valence-corrected chi connectivity index (χ0v) is 11.9. The number of para-hydroxylation sites is 1. The number of hydrogen-bond acceptors (Lipinski definition) is 3. The van der Waals surface area contributed by atoms with E-state index in [0.717, 1.165) is 19.3 Å². The van der Waals surface area contributed by atoms with Crippen LogP contribution in [-0.4, -0.2) is 12.6 Å². The van der Waals surface area contributed by atoms with E-state index in [1.807, 2.05) is 0 Å². The van der Waals surface area contributed by atoms with E-state index in [9.17, 15) is 9.90 Å². The van der Waals surface area contributed by atoms with Crippen LogP contribution in [0.3, 0.4) is 0 Å². The maximum Gasteiger partial charge on any atom is 1.00 e. The van der Waals surface area contributed by atoms with E-state index in [2.05, 4.69) is 6.92 Å². The van der Waals surface area contributed by atoms with Gasteiger partial charge in [-0.3, -0.25) is 0 Å². The molecule has 0 aromatic heterocycles. The van der Waals surface area contributed by atoms with Crippen molar-refractivity contribution in [1.29, 1.82) is 0 Å². The van der Waals surface area contributed by atoms with Gasteiger partial charge in [-0.25, -0.2) is 0 Å². The Kier molecular flexibility index (Phi) is 8.35. The van der Waals surface area contributed by atoms with E-state index in [4.69, 9.17) is 4.74 Å². The number of benzene rings is 1. The molecule has 0 amide bonds. The van der Waals surface area contributed by atoms with E-state index < -0.39 is 5.97 Å². The Hall–Kier alpha value is -0.510. The molecular formula is C12H15NaO3. The second-order valence-electron chi connectivity index (χ2n) is 3.34. The van der Waals surface area contributed by atoms with Crippen molar-refractivity contribution in [3.8, 4) is 5.75 Å². The molecule has 0 bridgehead atoms. The second kappa shape index (κ2) is 8.62. The summed E-state index contributed by atoms with van der Waals surface area (Å²) in [6, 6.07) is 6.55. The summed E-state index contributed by atoms with van der Waals surface area (Å²) in [7, 11) is 0. The zero-order chi connectivity index (χ0) is 11.1. The minimum atomic E-state index is -1.19. The molecule has 0 heterocycles. The van der Waals surface area contributed by atoms with Crippen LogP contribution < -0.4 is 39.4 Å². The average Bonchev–Trinajstić information content (AvgIpc) is 2.25. The molecule has 3 nitrogen and oxygen atoms in total. The van der Waals surface area contributed by atoms with Gasteiger partial charge in [0.15, 0.2) is 0 Å². The van der Waals surface area contributed by atoms with Crippen molar-refractivity contribution in [3.63, 3.8) is 0 Å². The predicted octanol–water partition coefficient (Wildman–Crippen LogP) is -1.38. The second-order valence-corrected chi connectivity index (χ2v) is 3.34. The topological polar surface area (TPSA) is 49.4 Å². The molecule has 0 saturated heterocycles. The Morgan fingerprint density at radius 3 is 2.62 bits per heavy atom. The molecule has 16 heavy (non-hydrogen) atoms. The number of aromatic carboxylic acids is 1. The van der Waals surface area contributed by atoms with Gasteiger partial charge in [0.1, 0.15) is 5.75 Å². The third-order valence-electron chi connectivity index (χ3n) is 2.11. The summed E-state index contributed by atoms with van der Waals surface area (Å²) in [5.41, 5.74) is 0.119. The van der Waals surface area contributed by atoms with Crippen molar-refractivity contribution in [1.82, 2.24) is 0 Å². The molecule has 0 unspecified atom stereocenters. The fourth-order valence-corrected chi connectivity index (χ4v) is 1.30. The Morgan fingerprint density at radius 2 is 2.00 bits per heavy atom. The first-order chi connectivity index (χ1) is 7.25. The standard InChI is InChI=1S/C12H16O3.Na/c1-2-3-6-9-15-11-8-5-4-7-10(11)12(13)14;/h4-5,7-8H,2-3,6,9H2,1H3,(H,13,14);/q;+1/p-1. The molecule has 1 aromatic carbocycles. The molecule has 0 radical (unpaired) electrons. The van der Waals surface area contributed by atoms with Crippen LogP contribution in [-0.2, 0) is 0 Å². The Morgan fingerprint density at radius 1 is 1.31 bits per heavy atom. The van der Waals surface area contributed by atoms with E-state index in [0.29, 0.717) is 12.4 Å². The van der Waals surface area contributed by atoms with Crippen LogP contribution >= 0.6 is 0 Å². The Bertz CT molecular complexity index is 326. The van der Waals surface area contributed by atoms with Gasteiger partial charge in [0.25, 0.3) is 0 Å². The SMILES string of the molecule is CCCCCOc1ccccc1C(=O)[O-].[Na+]. The molecule has 0 aliphatic rings. The number of unbranched alkanes of at least 4 members (excludes halogenated alkanes) is 2. The van der Waals surface area contributed by atoms with Crippen molar-refractivity contribution >= 4 is 5.97 Å². The Labute approximate surface area is 118 Å². The first kappa shape index (κ1) is 15.5. The number of ether oxygens (including phenoxy) is 1. The molecule has 1 aromatic rings. The molecule has 0 fully saturated rings. The van der Waals surface area contributed by atoms with Crippen LogP contribution in [0.4, 0.5) is 0 Å². The van der Waals surface area contributed by atoms with Gasteiger partial charge >= 0.3 is 29.6 Å². The third-order valence-corrected chi connectivity index (χ3v) is 2.11. The van der Waals surface area contributed by atoms with Crippen molar-refractivity contribution in [2.75, 3.05) is 6.61 Å². The van der Waals surface area contributed by atoms with Gasteiger partial charge in [-0.05, 0) is 18.6 Å². The first-order valence-electron chi connectivity index (χ1n) is 5.19. The maximum atomic E-state index is 10.7. The monoisotopic (exact) mass is 230 g/mol. The van der Waals surface area contributed by atoms with Gasteiger partial charge in [0.2, 0.25) is 0 Å². The quantitative estimate of drug-likeness (QED) is 0.447. The van der Waals surface area contributed by atoms with Gasteiger partial charge in [-0.2, -0.15) is 0 Å². The molecule has 0 aliphatic heterocycles. The zero-order valence-electron chi connectivity index (χ0n) is 9.86. The van der Waals surface area contributed by atoms with Crippen molar-refractivity contribution in [2.45, 2.75) is 26.2 Å². The van der Waals surface area contributed by atoms with Crippen molar-refractivity contribution in [2.24, 2.45) is 0 Å². The average molecular weight is 230 g/mol. The van der Waals surface area contributed by atoms with Gasteiger partial charge in [-0.15, -0.1) is 0 Å². The first-order valence-corrected chi connectivity index (χ1v) is 5.19. The minimum absolute atomic E-state index is 0. The fraction of sp³-hybridized carbons (Fsp3) is 0.417. The number of carbonyl (C=O) groups excluding carboxylic acids is 1. The molecule has 0 saturated carbocycles. The number of rotatable bonds is 6. The number of carboxylic acid groups (broad SMARTS) is 1. The van der Waals surface area contributed by atoms with Crippen LogP contribution in [0.25, 0.3) is 0 Å². The summed E-state index contributed by atoms with van der Waals surface area (Å²) < 4.78 is 5.38. The normalized spacial score (nSPS) is 9.31. The molecule has 1 rings (SSSR count). The van der Waals surface area contributed by atoms with Crippen LogP contribution in [0.1, 0.15) is 36.5 Å². The number of carbonyl (C=O) groups is 1. The summed E-state index contributed by atoms with van der Waals surface area (Å²) in [4.78, 5) is 10.7. The van der Waals surface area contributed by atoms with E-state index in [1.54, 1.807) is 18.2 Å². The summed E-state index contributed by atoms with van der Waals surface area (Å²) >= 11 is 0. The van der Waals surface area contributed by atoms with Crippen LogP contribution in [0.2, 0.25) is 0 Å². The molecule has 82 valence electrons. The molecule has 4 heteroatoms. The van der Waals surface area contributed by atoms with E-state index in [-0.39, 0.29) is 35.1 Å². The maximum absolute atomic E-state index is 10.7. The van der Waals surface area contributed by atoms with Gasteiger partial charge in [0.05, 0.1) is 12.6 Å². The predicted molar refractivity (Wildman–Crippen MR) is 55.8 cm³/mol. The van der Waals surface area contributed by atoms with Gasteiger partial charge < -0.3 is 14.6 Å². The molecule has 0 spiro atoms.